The highest BCUT2D eigenvalue weighted by molar-refractivity contribution is 7.09. The summed E-state index contributed by atoms with van der Waals surface area (Å²) >= 11 is 1.78. The molecule has 0 unspecified atom stereocenters. The molecular formula is C17H24N2S. The lowest BCUT2D eigenvalue weighted by Crippen LogP contribution is -2.20. The van der Waals surface area contributed by atoms with Crippen LogP contribution in [0.4, 0.5) is 0 Å². The molecule has 0 fully saturated rings. The summed E-state index contributed by atoms with van der Waals surface area (Å²) in [6, 6.07) is 10.4. The molecule has 0 bridgehead atoms. The van der Waals surface area contributed by atoms with Gasteiger partial charge in [-0.25, -0.2) is 4.98 Å². The molecule has 2 nitrogen and oxygen atoms in total. The van der Waals surface area contributed by atoms with Crippen LogP contribution in [0.15, 0.2) is 35.7 Å². The van der Waals surface area contributed by atoms with Crippen LogP contribution in [0.25, 0.3) is 11.3 Å². The minimum absolute atomic E-state index is 0.738. The molecule has 20 heavy (non-hydrogen) atoms. The summed E-state index contributed by atoms with van der Waals surface area (Å²) in [4.78, 5) is 4.72. The molecule has 0 aliphatic heterocycles. The van der Waals surface area contributed by atoms with Crippen LogP contribution in [-0.4, -0.2) is 18.1 Å². The van der Waals surface area contributed by atoms with Gasteiger partial charge in [-0.15, -0.1) is 11.3 Å². The van der Waals surface area contributed by atoms with Crippen LogP contribution in [0.3, 0.4) is 0 Å². The Balaban J connectivity index is 1.71. The average molecular weight is 288 g/mol. The van der Waals surface area contributed by atoms with Crippen LogP contribution in [0.5, 0.6) is 0 Å². The highest BCUT2D eigenvalue weighted by Crippen LogP contribution is 2.22. The number of rotatable bonds is 8. The number of hydrogen-bond acceptors (Lipinski definition) is 3. The summed E-state index contributed by atoms with van der Waals surface area (Å²) in [6.07, 6.45) is 3.54. The summed E-state index contributed by atoms with van der Waals surface area (Å²) < 4.78 is 0. The highest BCUT2D eigenvalue weighted by Gasteiger charge is 2.03. The van der Waals surface area contributed by atoms with Gasteiger partial charge < -0.3 is 5.32 Å². The third kappa shape index (κ3) is 5.06. The molecule has 2 rings (SSSR count). The fourth-order valence-corrected chi connectivity index (χ4v) is 2.93. The van der Waals surface area contributed by atoms with Gasteiger partial charge in [-0.1, -0.05) is 44.2 Å². The molecule has 2 aromatic rings. The zero-order valence-corrected chi connectivity index (χ0v) is 13.2. The minimum Gasteiger partial charge on any atom is -0.316 e. The maximum atomic E-state index is 4.72. The molecule has 0 aliphatic carbocycles. The van der Waals surface area contributed by atoms with Crippen LogP contribution in [0.2, 0.25) is 0 Å². The summed E-state index contributed by atoms with van der Waals surface area (Å²) in [5.74, 6) is 0.738. The van der Waals surface area contributed by atoms with Gasteiger partial charge in [0.15, 0.2) is 0 Å². The van der Waals surface area contributed by atoms with Crippen molar-refractivity contribution in [1.29, 1.82) is 0 Å². The smallest absolute Gasteiger partial charge is 0.0932 e. The topological polar surface area (TPSA) is 24.9 Å². The van der Waals surface area contributed by atoms with E-state index in [1.165, 1.54) is 23.4 Å². The minimum atomic E-state index is 0.738. The highest BCUT2D eigenvalue weighted by atomic mass is 32.1. The maximum Gasteiger partial charge on any atom is 0.0932 e. The fourth-order valence-electron chi connectivity index (χ4n) is 2.08. The molecule has 0 saturated carbocycles. The first kappa shape index (κ1) is 15.2. The second kappa shape index (κ2) is 8.18. The molecule has 0 radical (unpaired) electrons. The second-order valence-corrected chi connectivity index (χ2v) is 6.49. The Kier molecular flexibility index (Phi) is 6.22. The molecule has 108 valence electrons. The van der Waals surface area contributed by atoms with Crippen LogP contribution < -0.4 is 5.32 Å². The predicted molar refractivity (Wildman–Crippen MR) is 88.2 cm³/mol. The van der Waals surface area contributed by atoms with E-state index >= 15 is 0 Å². The Hall–Kier alpha value is -1.19. The van der Waals surface area contributed by atoms with Crippen molar-refractivity contribution in [3.8, 4) is 11.3 Å². The number of aromatic nitrogens is 1. The van der Waals surface area contributed by atoms with Crippen molar-refractivity contribution in [3.63, 3.8) is 0 Å². The number of aryl methyl sites for hydroxylation is 1. The standard InChI is InChI=1S/C17H24N2S/c1-14(2)12-18-11-7-6-10-17-19-16(13-20-17)15-8-4-3-5-9-15/h3-5,8-9,13-14,18H,6-7,10-12H2,1-2H3. The zero-order valence-electron chi connectivity index (χ0n) is 12.4. The first-order chi connectivity index (χ1) is 9.75. The van der Waals surface area contributed by atoms with Gasteiger partial charge in [0.25, 0.3) is 0 Å². The van der Waals surface area contributed by atoms with Crippen LogP contribution >= 0.6 is 11.3 Å². The number of hydrogen-bond donors (Lipinski definition) is 1. The molecule has 1 N–H and O–H groups in total. The molecule has 0 saturated heterocycles. The average Bonchev–Trinajstić information content (AvgIpc) is 2.92. The van der Waals surface area contributed by atoms with Crippen molar-refractivity contribution in [1.82, 2.24) is 10.3 Å². The Morgan fingerprint density at radius 3 is 2.70 bits per heavy atom. The molecule has 1 aromatic heterocycles. The number of nitrogens with zero attached hydrogens (tertiary/aromatic N) is 1. The fraction of sp³-hybridized carbons (Fsp3) is 0.471. The zero-order chi connectivity index (χ0) is 14.2. The Morgan fingerprint density at radius 1 is 1.15 bits per heavy atom. The largest absolute Gasteiger partial charge is 0.316 e. The Bertz CT molecular complexity index is 491. The van der Waals surface area contributed by atoms with Gasteiger partial charge >= 0.3 is 0 Å². The third-order valence-corrected chi connectivity index (χ3v) is 4.08. The van der Waals surface area contributed by atoms with E-state index in [0.29, 0.717) is 0 Å². The van der Waals surface area contributed by atoms with Crippen LogP contribution in [-0.2, 0) is 6.42 Å². The van der Waals surface area contributed by atoms with Crippen molar-refractivity contribution >= 4 is 11.3 Å². The monoisotopic (exact) mass is 288 g/mol. The second-order valence-electron chi connectivity index (χ2n) is 5.55. The molecule has 0 atom stereocenters. The van der Waals surface area contributed by atoms with E-state index in [4.69, 9.17) is 4.98 Å². The molecule has 0 aliphatic rings. The molecule has 0 spiro atoms. The summed E-state index contributed by atoms with van der Waals surface area (Å²) in [6.45, 7) is 6.73. The Morgan fingerprint density at radius 2 is 1.95 bits per heavy atom. The lowest BCUT2D eigenvalue weighted by molar-refractivity contribution is 0.535. The van der Waals surface area contributed by atoms with Crippen molar-refractivity contribution < 1.29 is 0 Å². The number of thiazole rings is 1. The molecule has 1 aromatic carbocycles. The number of unbranched alkanes of at least 4 members (excludes halogenated alkanes) is 1. The van der Waals surface area contributed by atoms with Crippen molar-refractivity contribution in [2.45, 2.75) is 33.1 Å². The number of benzene rings is 1. The van der Waals surface area contributed by atoms with Gasteiger partial charge in [-0.2, -0.15) is 0 Å². The third-order valence-electron chi connectivity index (χ3n) is 3.17. The van der Waals surface area contributed by atoms with Crippen molar-refractivity contribution in [2.24, 2.45) is 5.92 Å². The lowest BCUT2D eigenvalue weighted by Gasteiger charge is -2.06. The van der Waals surface area contributed by atoms with E-state index in [1.54, 1.807) is 11.3 Å². The van der Waals surface area contributed by atoms with E-state index in [1.807, 2.05) is 6.07 Å². The Labute approximate surface area is 126 Å². The predicted octanol–water partition coefficient (Wildman–Crippen LogP) is 4.38. The molecule has 0 amide bonds. The van der Waals surface area contributed by atoms with Gasteiger partial charge in [0, 0.05) is 10.9 Å². The molecule has 3 heteroatoms. The van der Waals surface area contributed by atoms with Crippen LogP contribution in [0, 0.1) is 5.92 Å². The maximum absolute atomic E-state index is 4.72. The van der Waals surface area contributed by atoms with E-state index in [9.17, 15) is 0 Å². The number of nitrogens with one attached hydrogen (secondary N) is 1. The van der Waals surface area contributed by atoms with E-state index in [2.05, 4.69) is 48.8 Å². The first-order valence-corrected chi connectivity index (χ1v) is 8.34. The van der Waals surface area contributed by atoms with Gasteiger partial charge in [0.05, 0.1) is 10.7 Å². The first-order valence-electron chi connectivity index (χ1n) is 7.46. The van der Waals surface area contributed by atoms with E-state index < -0.39 is 0 Å². The van der Waals surface area contributed by atoms with E-state index in [0.717, 1.165) is 31.1 Å². The van der Waals surface area contributed by atoms with Crippen molar-refractivity contribution in [2.75, 3.05) is 13.1 Å². The van der Waals surface area contributed by atoms with Gasteiger partial charge in [-0.3, -0.25) is 0 Å². The summed E-state index contributed by atoms with van der Waals surface area (Å²) in [5.41, 5.74) is 2.33. The van der Waals surface area contributed by atoms with Gasteiger partial charge in [0.2, 0.25) is 0 Å². The normalized spacial score (nSPS) is 11.2. The summed E-state index contributed by atoms with van der Waals surface area (Å²) in [5, 5.41) is 6.91. The quantitative estimate of drug-likeness (QED) is 0.729. The van der Waals surface area contributed by atoms with Crippen molar-refractivity contribution in [3.05, 3.63) is 40.7 Å². The van der Waals surface area contributed by atoms with E-state index in [-0.39, 0.29) is 0 Å². The SMILES string of the molecule is CC(C)CNCCCCc1nc(-c2ccccc2)cs1. The van der Waals surface area contributed by atoms with Gasteiger partial charge in [-0.05, 0) is 38.3 Å². The molecular weight excluding hydrogens is 264 g/mol. The molecule has 1 heterocycles. The van der Waals surface area contributed by atoms with Crippen LogP contribution in [0.1, 0.15) is 31.7 Å². The van der Waals surface area contributed by atoms with Gasteiger partial charge in [0.1, 0.15) is 0 Å². The summed E-state index contributed by atoms with van der Waals surface area (Å²) in [7, 11) is 0. The lowest BCUT2D eigenvalue weighted by atomic mass is 10.2.